The number of amides is 1. The van der Waals surface area contributed by atoms with Crippen LogP contribution in [0, 0.1) is 23.2 Å². The van der Waals surface area contributed by atoms with Crippen molar-refractivity contribution in [1.82, 2.24) is 20.1 Å². The normalized spacial score (nSPS) is 27.8. The van der Waals surface area contributed by atoms with Crippen LogP contribution in [-0.2, 0) is 11.3 Å². The van der Waals surface area contributed by atoms with Crippen LogP contribution in [0.25, 0.3) is 0 Å². The van der Waals surface area contributed by atoms with Gasteiger partial charge < -0.3 is 20.1 Å². The van der Waals surface area contributed by atoms with Crippen LogP contribution in [0.1, 0.15) is 31.9 Å². The fraction of sp³-hybridized carbons (Fsp3) is 0.591. The average molecular weight is 587 g/mol. The van der Waals surface area contributed by atoms with Crippen molar-refractivity contribution < 1.29 is 4.79 Å². The van der Waals surface area contributed by atoms with Crippen molar-refractivity contribution in [2.45, 2.75) is 42.7 Å². The zero-order valence-corrected chi connectivity index (χ0v) is 23.1. The summed E-state index contributed by atoms with van der Waals surface area (Å²) in [5, 5.41) is 6.22. The highest BCUT2D eigenvalue weighted by Gasteiger charge is 2.61. The number of thiocarbonyl (C=S) groups is 1. The number of pyridine rings is 1. The first-order valence-electron chi connectivity index (χ1n) is 10.9. The zero-order valence-electron chi connectivity index (χ0n) is 18.5. The van der Waals surface area contributed by atoms with Gasteiger partial charge in [0.1, 0.15) is 10.7 Å². The second-order valence-corrected chi connectivity index (χ2v) is 13.6. The van der Waals surface area contributed by atoms with E-state index in [1.807, 2.05) is 29.4 Å². The molecular weight excluding hydrogens is 562 g/mol. The lowest BCUT2D eigenvalue weighted by Crippen LogP contribution is -2.60. The molecule has 2 bridgehead atoms. The Hall–Kier alpha value is -0.700. The average Bonchev–Trinajstić information content (AvgIpc) is 3.26. The van der Waals surface area contributed by atoms with E-state index in [-0.39, 0.29) is 45.0 Å². The van der Waals surface area contributed by atoms with E-state index >= 15 is 0 Å². The summed E-state index contributed by atoms with van der Waals surface area (Å²) in [6.45, 7) is 5.84. The Labute approximate surface area is 228 Å². The van der Waals surface area contributed by atoms with Crippen LogP contribution in [0.2, 0.25) is 0 Å². The van der Waals surface area contributed by atoms with Crippen molar-refractivity contribution in [2.24, 2.45) is 23.2 Å². The number of hydrogen-bond acceptors (Lipinski definition) is 3. The number of fused-ring (bicyclic) bond motifs is 4. The summed E-state index contributed by atoms with van der Waals surface area (Å²) in [4.78, 5) is 27.3. The number of carbonyl (C=O) groups is 1. The third kappa shape index (κ3) is 5.35. The molecule has 1 saturated heterocycles. The predicted octanol–water partition coefficient (Wildman–Crippen LogP) is 4.55. The molecule has 1 amide bonds. The maximum atomic E-state index is 13.0. The third-order valence-corrected chi connectivity index (χ3v) is 8.43. The summed E-state index contributed by atoms with van der Waals surface area (Å²) < 4.78 is 0.122. The smallest absolute Gasteiger partial charge is 0.250 e. The van der Waals surface area contributed by atoms with Crippen molar-refractivity contribution >= 4 is 81.2 Å². The van der Waals surface area contributed by atoms with Crippen LogP contribution in [-0.4, -0.2) is 43.5 Å². The number of halogens is 5. The van der Waals surface area contributed by atoms with Gasteiger partial charge in [0, 0.05) is 37.3 Å². The van der Waals surface area contributed by atoms with Gasteiger partial charge in [-0.15, -0.1) is 0 Å². The van der Waals surface area contributed by atoms with Crippen molar-refractivity contribution in [2.75, 3.05) is 13.1 Å². The molecule has 0 unspecified atom stereocenters. The molecule has 0 spiro atoms. The minimum Gasteiger partial charge on any atom is -0.348 e. The van der Waals surface area contributed by atoms with Crippen LogP contribution >= 0.6 is 70.2 Å². The van der Waals surface area contributed by atoms with Crippen molar-refractivity contribution in [3.05, 3.63) is 44.8 Å². The lowest BCUT2D eigenvalue weighted by atomic mass is 9.83. The topological polar surface area (TPSA) is 66.4 Å². The maximum Gasteiger partial charge on any atom is 0.250 e. The molecule has 34 heavy (non-hydrogen) atoms. The molecule has 0 aromatic carbocycles. The van der Waals surface area contributed by atoms with E-state index in [0.29, 0.717) is 24.7 Å². The minimum atomic E-state index is -1.85. The van der Waals surface area contributed by atoms with Gasteiger partial charge in [0.15, 0.2) is 5.11 Å². The monoisotopic (exact) mass is 584 g/mol. The van der Waals surface area contributed by atoms with Gasteiger partial charge in [0.2, 0.25) is 9.70 Å². The molecule has 1 saturated carbocycles. The minimum absolute atomic E-state index is 0.0203. The fourth-order valence-corrected chi connectivity index (χ4v) is 6.20. The van der Waals surface area contributed by atoms with Gasteiger partial charge in [0.25, 0.3) is 5.56 Å². The van der Waals surface area contributed by atoms with E-state index in [0.717, 1.165) is 12.1 Å². The van der Waals surface area contributed by atoms with E-state index in [1.165, 1.54) is 0 Å². The Balaban J connectivity index is 1.45. The number of hydrogen-bond donors (Lipinski definition) is 2. The Morgan fingerprint density at radius 1 is 1.21 bits per heavy atom. The van der Waals surface area contributed by atoms with Crippen LogP contribution in [0.15, 0.2) is 33.6 Å². The van der Waals surface area contributed by atoms with Crippen LogP contribution in [0.4, 0.5) is 0 Å². The maximum absolute atomic E-state index is 13.0. The predicted molar refractivity (Wildman–Crippen MR) is 142 cm³/mol. The van der Waals surface area contributed by atoms with E-state index in [9.17, 15) is 9.59 Å². The molecule has 2 aliphatic heterocycles. The number of likely N-dealkylation sites (tertiary alicyclic amines) is 1. The molecule has 1 aromatic rings. The Morgan fingerprint density at radius 2 is 1.91 bits per heavy atom. The lowest BCUT2D eigenvalue weighted by Gasteiger charge is -2.44. The standard InChI is InChI=1S/C22H25Cl5N4O2S/c1-21(2)13(7-15(23)24)17(21)18(33)28-19(22(25,26)27)29-20(34)30-8-11-6-12(10-30)14-4-3-5-16(32)31(14)9-11/h3-5,7,11-13,17,19H,6,8-10H2,1-2H3,(H,28,33)(H,29,34)/t11-,12+,13+,17+,19+/m1/s1. The van der Waals surface area contributed by atoms with Gasteiger partial charge >= 0.3 is 0 Å². The van der Waals surface area contributed by atoms with E-state index in [2.05, 4.69) is 10.6 Å². The number of allylic oxidation sites excluding steroid dienone is 1. The molecule has 5 atom stereocenters. The first-order chi connectivity index (χ1) is 15.8. The molecule has 0 radical (unpaired) electrons. The Bertz CT molecular complexity index is 1080. The molecule has 3 aliphatic rings. The van der Waals surface area contributed by atoms with Crippen LogP contribution in [0.3, 0.4) is 0 Å². The summed E-state index contributed by atoms with van der Waals surface area (Å²) in [5.41, 5.74) is 0.704. The summed E-state index contributed by atoms with van der Waals surface area (Å²) in [7, 11) is 0. The largest absolute Gasteiger partial charge is 0.348 e. The molecule has 2 N–H and O–H groups in total. The first-order valence-corrected chi connectivity index (χ1v) is 13.2. The molecule has 1 aliphatic carbocycles. The number of aromatic nitrogens is 1. The van der Waals surface area contributed by atoms with E-state index in [1.54, 1.807) is 18.2 Å². The second kappa shape index (κ2) is 9.64. The van der Waals surface area contributed by atoms with E-state index in [4.69, 9.17) is 70.2 Å². The van der Waals surface area contributed by atoms with Crippen LogP contribution < -0.4 is 16.2 Å². The number of nitrogens with zero attached hydrogens (tertiary/aromatic N) is 2. The summed E-state index contributed by atoms with van der Waals surface area (Å²) in [6, 6.07) is 5.37. The van der Waals surface area contributed by atoms with E-state index < -0.39 is 9.96 Å². The molecule has 186 valence electrons. The zero-order chi connectivity index (χ0) is 25.0. The fourth-order valence-electron chi connectivity index (χ4n) is 5.33. The van der Waals surface area contributed by atoms with Crippen molar-refractivity contribution in [3.63, 3.8) is 0 Å². The molecule has 1 aromatic heterocycles. The number of alkyl halides is 3. The van der Waals surface area contributed by atoms with Crippen molar-refractivity contribution in [1.29, 1.82) is 0 Å². The third-order valence-electron chi connectivity index (χ3n) is 7.15. The molecule has 6 nitrogen and oxygen atoms in total. The van der Waals surface area contributed by atoms with Gasteiger partial charge in [0.05, 0.1) is 5.92 Å². The van der Waals surface area contributed by atoms with Gasteiger partial charge in [-0.1, -0.05) is 77.9 Å². The highest BCUT2D eigenvalue weighted by atomic mass is 35.6. The van der Waals surface area contributed by atoms with Crippen LogP contribution in [0.5, 0.6) is 0 Å². The van der Waals surface area contributed by atoms with Gasteiger partial charge in [-0.05, 0) is 48.0 Å². The number of nitrogens with one attached hydrogen (secondary N) is 2. The molecule has 2 fully saturated rings. The highest BCUT2D eigenvalue weighted by molar-refractivity contribution is 7.80. The van der Waals surface area contributed by atoms with Gasteiger partial charge in [-0.25, -0.2) is 0 Å². The van der Waals surface area contributed by atoms with Gasteiger partial charge in [-0.3, -0.25) is 9.59 Å². The number of piperidine rings is 1. The molecule has 12 heteroatoms. The first kappa shape index (κ1) is 26.4. The molecule has 3 heterocycles. The highest BCUT2D eigenvalue weighted by Crippen LogP contribution is 2.59. The molecule has 4 rings (SSSR count). The summed E-state index contributed by atoms with van der Waals surface area (Å²) in [6.07, 6.45) is 1.61. The summed E-state index contributed by atoms with van der Waals surface area (Å²) >= 11 is 35.9. The second-order valence-electron chi connectivity index (χ2n) is 9.82. The Kier molecular flexibility index (Phi) is 7.47. The Morgan fingerprint density at radius 3 is 2.56 bits per heavy atom. The quantitative estimate of drug-likeness (QED) is 0.308. The number of carbonyl (C=O) groups excluding carboxylic acids is 1. The van der Waals surface area contributed by atoms with Crippen molar-refractivity contribution in [3.8, 4) is 0 Å². The van der Waals surface area contributed by atoms with Gasteiger partial charge in [-0.2, -0.15) is 0 Å². The SMILES string of the molecule is CC1(C)[C@H](C(=O)N[C@@H](NC(=S)N2C[C@H]3C[C@@H](C2)c2cccc(=O)n2C3)C(Cl)(Cl)Cl)[C@@H]1C=C(Cl)Cl. The molecular formula is C22H25Cl5N4O2S. The summed E-state index contributed by atoms with van der Waals surface area (Å²) in [5.74, 6) is -0.329. The number of rotatable bonds is 4. The lowest BCUT2D eigenvalue weighted by molar-refractivity contribution is -0.123.